The lowest BCUT2D eigenvalue weighted by molar-refractivity contribution is 0.241. The lowest BCUT2D eigenvalue weighted by Crippen LogP contribution is -2.35. The summed E-state index contributed by atoms with van der Waals surface area (Å²) >= 11 is 0. The zero-order valence-corrected chi connectivity index (χ0v) is 17.5. The topological polar surface area (TPSA) is 85.7 Å². The fraction of sp³-hybridized carbons (Fsp3) is 0.154. The summed E-state index contributed by atoms with van der Waals surface area (Å²) in [5.41, 5.74) is 5.95. The molecule has 0 saturated heterocycles. The molecule has 3 heterocycles. The van der Waals surface area contributed by atoms with Crippen LogP contribution in [0.3, 0.4) is 0 Å². The first kappa shape index (κ1) is 19.9. The van der Waals surface area contributed by atoms with Crippen LogP contribution in [0.1, 0.15) is 22.4 Å². The van der Waals surface area contributed by atoms with Gasteiger partial charge in [-0.3, -0.25) is 14.7 Å². The van der Waals surface area contributed by atoms with Crippen molar-refractivity contribution < 1.29 is 0 Å². The molecule has 0 aliphatic carbocycles. The van der Waals surface area contributed by atoms with Gasteiger partial charge in [-0.2, -0.15) is 5.26 Å². The molecular weight excluding hydrogens is 398 g/mol. The zero-order valence-electron chi connectivity index (χ0n) is 17.5. The summed E-state index contributed by atoms with van der Waals surface area (Å²) in [5.74, 6) is 0.628. The highest BCUT2D eigenvalue weighted by atomic mass is 16.1. The van der Waals surface area contributed by atoms with Gasteiger partial charge in [0.2, 0.25) is 0 Å². The second kappa shape index (κ2) is 8.58. The molecule has 2 aromatic carbocycles. The molecule has 0 fully saturated rings. The largest absolute Gasteiger partial charge is 0.306 e. The van der Waals surface area contributed by atoms with E-state index in [4.69, 9.17) is 10.2 Å². The van der Waals surface area contributed by atoms with Gasteiger partial charge in [0.25, 0.3) is 5.56 Å². The van der Waals surface area contributed by atoms with Gasteiger partial charge in [0.15, 0.2) is 0 Å². The van der Waals surface area contributed by atoms with Gasteiger partial charge in [0, 0.05) is 43.4 Å². The summed E-state index contributed by atoms with van der Waals surface area (Å²) in [5, 5.41) is 9.09. The highest BCUT2D eigenvalue weighted by Crippen LogP contribution is 2.21. The minimum Gasteiger partial charge on any atom is -0.306 e. The van der Waals surface area contributed by atoms with Crippen LogP contribution in [-0.4, -0.2) is 26.4 Å². The minimum atomic E-state index is -0.0654. The quantitative estimate of drug-likeness (QED) is 0.542. The lowest BCUT2D eigenvalue weighted by Gasteiger charge is -2.27. The van der Waals surface area contributed by atoms with Crippen LogP contribution >= 0.6 is 0 Å². The van der Waals surface area contributed by atoms with Crippen LogP contribution in [-0.2, 0) is 19.5 Å². The fourth-order valence-corrected chi connectivity index (χ4v) is 4.04. The second-order valence-electron chi connectivity index (χ2n) is 7.91. The molecule has 0 unspecified atom stereocenters. The molecule has 5 rings (SSSR count). The van der Waals surface area contributed by atoms with Crippen LogP contribution in [0, 0.1) is 11.3 Å². The molecule has 156 valence electrons. The Hall–Kier alpha value is -4.08. The van der Waals surface area contributed by atoms with Crippen molar-refractivity contribution >= 4 is 0 Å². The number of aromatic nitrogens is 3. The molecule has 0 atom stereocenters. The number of hydrogen-bond acceptors (Lipinski definition) is 5. The summed E-state index contributed by atoms with van der Waals surface area (Å²) in [4.78, 5) is 27.2. The highest BCUT2D eigenvalue weighted by Gasteiger charge is 2.21. The van der Waals surface area contributed by atoms with Crippen molar-refractivity contribution in [3.8, 4) is 28.7 Å². The van der Waals surface area contributed by atoms with Crippen molar-refractivity contribution in [1.82, 2.24) is 19.9 Å². The highest BCUT2D eigenvalue weighted by molar-refractivity contribution is 5.61. The standard InChI is InChI=1S/C26H21N5O/c27-14-18-5-4-8-21(13-18)23-10-9-19(15-28-23)16-31-12-11-24-22(17-31)26(32)30-25(29-24)20-6-2-1-3-7-20/h1-10,13,15H,11-12,16-17H2,(H,29,30,32). The maximum Gasteiger partial charge on any atom is 0.255 e. The number of pyridine rings is 1. The molecule has 6 nitrogen and oxygen atoms in total. The summed E-state index contributed by atoms with van der Waals surface area (Å²) in [7, 11) is 0. The first-order valence-corrected chi connectivity index (χ1v) is 10.5. The van der Waals surface area contributed by atoms with Crippen LogP contribution < -0.4 is 5.56 Å². The van der Waals surface area contributed by atoms with Gasteiger partial charge in [-0.05, 0) is 23.8 Å². The van der Waals surface area contributed by atoms with Crippen molar-refractivity contribution in [3.05, 3.63) is 106 Å². The third-order valence-corrected chi connectivity index (χ3v) is 5.71. The lowest BCUT2D eigenvalue weighted by atomic mass is 10.0. The van der Waals surface area contributed by atoms with E-state index in [0.29, 0.717) is 24.5 Å². The molecule has 1 N–H and O–H groups in total. The Labute approximate surface area is 185 Å². The van der Waals surface area contributed by atoms with Crippen molar-refractivity contribution in [3.63, 3.8) is 0 Å². The van der Waals surface area contributed by atoms with Crippen LogP contribution in [0.25, 0.3) is 22.6 Å². The van der Waals surface area contributed by atoms with Gasteiger partial charge in [0.05, 0.1) is 28.6 Å². The van der Waals surface area contributed by atoms with Gasteiger partial charge in [-0.1, -0.05) is 48.5 Å². The van der Waals surface area contributed by atoms with Gasteiger partial charge < -0.3 is 4.98 Å². The van der Waals surface area contributed by atoms with E-state index in [1.54, 1.807) is 6.07 Å². The number of benzene rings is 2. The van der Waals surface area contributed by atoms with Crippen molar-refractivity contribution in [2.24, 2.45) is 0 Å². The van der Waals surface area contributed by atoms with E-state index in [0.717, 1.165) is 46.6 Å². The van der Waals surface area contributed by atoms with E-state index in [-0.39, 0.29) is 5.56 Å². The number of rotatable bonds is 4. The molecule has 4 aromatic rings. The van der Waals surface area contributed by atoms with Crippen molar-refractivity contribution in [2.45, 2.75) is 19.5 Å². The van der Waals surface area contributed by atoms with Gasteiger partial charge in [-0.15, -0.1) is 0 Å². The predicted molar refractivity (Wildman–Crippen MR) is 122 cm³/mol. The number of nitrogens with one attached hydrogen (secondary N) is 1. The molecule has 32 heavy (non-hydrogen) atoms. The van der Waals surface area contributed by atoms with E-state index in [1.807, 2.05) is 60.8 Å². The van der Waals surface area contributed by atoms with E-state index < -0.39 is 0 Å². The molecule has 1 aliphatic rings. The SMILES string of the molecule is N#Cc1cccc(-c2ccc(CN3CCc4nc(-c5ccccc5)[nH]c(=O)c4C3)cn2)c1. The molecule has 0 bridgehead atoms. The smallest absolute Gasteiger partial charge is 0.255 e. The number of hydrogen-bond donors (Lipinski definition) is 1. The van der Waals surface area contributed by atoms with Crippen molar-refractivity contribution in [2.75, 3.05) is 6.54 Å². The normalized spacial score (nSPS) is 13.3. The third-order valence-electron chi connectivity index (χ3n) is 5.71. The van der Waals surface area contributed by atoms with Gasteiger partial charge in [-0.25, -0.2) is 4.98 Å². The van der Waals surface area contributed by atoms with E-state index >= 15 is 0 Å². The Kier molecular flexibility index (Phi) is 5.32. The molecule has 0 saturated carbocycles. The Morgan fingerprint density at radius 1 is 1.03 bits per heavy atom. The average molecular weight is 419 g/mol. The van der Waals surface area contributed by atoms with E-state index in [2.05, 4.69) is 27.0 Å². The fourth-order valence-electron chi connectivity index (χ4n) is 4.04. The average Bonchev–Trinajstić information content (AvgIpc) is 2.85. The Balaban J connectivity index is 1.31. The number of nitrogens with zero attached hydrogens (tertiary/aromatic N) is 4. The monoisotopic (exact) mass is 419 g/mol. The third kappa shape index (κ3) is 4.07. The summed E-state index contributed by atoms with van der Waals surface area (Å²) in [6.07, 6.45) is 2.61. The molecular formula is C26H21N5O. The van der Waals surface area contributed by atoms with Crippen molar-refractivity contribution in [1.29, 1.82) is 5.26 Å². The summed E-state index contributed by atoms with van der Waals surface area (Å²) in [6, 6.07) is 23.4. The predicted octanol–water partition coefficient (Wildman–Crippen LogP) is 3.93. The Bertz CT molecular complexity index is 1350. The number of nitriles is 1. The van der Waals surface area contributed by atoms with Gasteiger partial charge in [0.1, 0.15) is 5.82 Å². The molecule has 0 amide bonds. The first-order valence-electron chi connectivity index (χ1n) is 10.5. The first-order chi connectivity index (χ1) is 15.7. The molecule has 2 aromatic heterocycles. The minimum absolute atomic E-state index is 0.0654. The maximum atomic E-state index is 12.8. The van der Waals surface area contributed by atoms with Crippen LogP contribution in [0.15, 0.2) is 77.7 Å². The zero-order chi connectivity index (χ0) is 21.9. The Morgan fingerprint density at radius 3 is 2.66 bits per heavy atom. The Morgan fingerprint density at radius 2 is 1.88 bits per heavy atom. The molecule has 0 radical (unpaired) electrons. The van der Waals surface area contributed by atoms with Gasteiger partial charge >= 0.3 is 0 Å². The molecule has 1 aliphatic heterocycles. The number of H-pyrrole nitrogens is 1. The molecule has 6 heteroatoms. The number of fused-ring (bicyclic) bond motifs is 1. The number of aromatic amines is 1. The second-order valence-corrected chi connectivity index (χ2v) is 7.91. The van der Waals surface area contributed by atoms with E-state index in [1.165, 1.54) is 0 Å². The van der Waals surface area contributed by atoms with Crippen LogP contribution in [0.4, 0.5) is 0 Å². The van der Waals surface area contributed by atoms with E-state index in [9.17, 15) is 4.79 Å². The summed E-state index contributed by atoms with van der Waals surface area (Å²) < 4.78 is 0. The molecule has 0 spiro atoms. The summed E-state index contributed by atoms with van der Waals surface area (Å²) in [6.45, 7) is 2.12. The maximum absolute atomic E-state index is 12.8. The van der Waals surface area contributed by atoms with Crippen LogP contribution in [0.5, 0.6) is 0 Å². The van der Waals surface area contributed by atoms with Crippen LogP contribution in [0.2, 0.25) is 0 Å².